The van der Waals surface area contributed by atoms with E-state index < -0.39 is 0 Å². The zero-order chi connectivity index (χ0) is 15.5. The second-order valence-electron chi connectivity index (χ2n) is 5.72. The molecule has 1 heterocycles. The van der Waals surface area contributed by atoms with E-state index in [4.69, 9.17) is 17.3 Å². The minimum Gasteiger partial charge on any atom is -0.327 e. The fourth-order valence-electron chi connectivity index (χ4n) is 2.96. The lowest BCUT2D eigenvalue weighted by Gasteiger charge is -2.15. The molecule has 2 atom stereocenters. The third-order valence-electron chi connectivity index (χ3n) is 4.13. The van der Waals surface area contributed by atoms with Crippen LogP contribution in [0, 0.1) is 5.92 Å². The molecule has 6 heteroatoms. The summed E-state index contributed by atoms with van der Waals surface area (Å²) < 4.78 is 1.67. The monoisotopic (exact) mass is 318 g/mol. The molecule has 1 amide bonds. The Bertz CT molecular complexity index is 670. The fraction of sp³-hybridized carbons (Fsp3) is 0.375. The number of nitrogens with two attached hydrogens (primary N) is 1. The molecule has 0 aliphatic heterocycles. The van der Waals surface area contributed by atoms with Crippen LogP contribution >= 0.6 is 11.6 Å². The highest BCUT2D eigenvalue weighted by Crippen LogP contribution is 2.27. The first-order chi connectivity index (χ1) is 10.6. The number of anilines is 1. The van der Waals surface area contributed by atoms with Crippen LogP contribution in [0.25, 0.3) is 5.69 Å². The summed E-state index contributed by atoms with van der Waals surface area (Å²) in [6.45, 7) is 0. The molecular formula is C16H19ClN4O. The highest BCUT2D eigenvalue weighted by Gasteiger charge is 2.26. The molecule has 3 N–H and O–H groups in total. The first-order valence-electron chi connectivity index (χ1n) is 7.49. The van der Waals surface area contributed by atoms with Crippen molar-refractivity contribution in [2.75, 3.05) is 5.32 Å². The van der Waals surface area contributed by atoms with E-state index in [1.54, 1.807) is 29.1 Å². The largest absolute Gasteiger partial charge is 0.327 e. The number of nitrogens with zero attached hydrogens (tertiary/aromatic N) is 2. The maximum atomic E-state index is 12.2. The van der Waals surface area contributed by atoms with Gasteiger partial charge in [-0.05, 0) is 37.0 Å². The third-order valence-corrected chi connectivity index (χ3v) is 4.36. The van der Waals surface area contributed by atoms with E-state index in [2.05, 4.69) is 10.4 Å². The molecule has 1 aliphatic carbocycles. The van der Waals surface area contributed by atoms with Crippen molar-refractivity contribution < 1.29 is 4.79 Å². The van der Waals surface area contributed by atoms with Crippen LogP contribution in [-0.2, 0) is 4.79 Å². The average Bonchev–Trinajstić information content (AvgIpc) is 3.09. The van der Waals surface area contributed by atoms with Gasteiger partial charge in [0.25, 0.3) is 0 Å². The number of hydrogen-bond acceptors (Lipinski definition) is 3. The summed E-state index contributed by atoms with van der Waals surface area (Å²) >= 11 is 6.01. The van der Waals surface area contributed by atoms with Crippen LogP contribution < -0.4 is 11.1 Å². The highest BCUT2D eigenvalue weighted by molar-refractivity contribution is 6.30. The normalized spacial score (nSPS) is 21.0. The van der Waals surface area contributed by atoms with Crippen molar-refractivity contribution in [3.8, 4) is 5.69 Å². The van der Waals surface area contributed by atoms with Gasteiger partial charge in [-0.15, -0.1) is 0 Å². The minimum atomic E-state index is -0.0221. The Hall–Kier alpha value is -1.85. The molecule has 0 radical (unpaired) electrons. The standard InChI is InChI=1S/C16H19ClN4O/c17-12-4-2-5-13(10-12)21-15(7-8-19-21)20-16(22)9-11-3-1-6-14(11)18/h2,4-5,7-8,10-11,14H,1,3,6,9,18H2,(H,20,22)/t11-,14+/m0/s1. The molecule has 1 aromatic carbocycles. The smallest absolute Gasteiger partial charge is 0.225 e. The van der Waals surface area contributed by atoms with Crippen LogP contribution in [0.2, 0.25) is 5.02 Å². The van der Waals surface area contributed by atoms with Crippen molar-refractivity contribution >= 4 is 23.3 Å². The summed E-state index contributed by atoms with van der Waals surface area (Å²) in [5, 5.41) is 7.79. The molecule has 2 aromatic rings. The van der Waals surface area contributed by atoms with Crippen LogP contribution in [0.5, 0.6) is 0 Å². The summed E-state index contributed by atoms with van der Waals surface area (Å²) in [6.07, 6.45) is 5.26. The van der Waals surface area contributed by atoms with Crippen molar-refractivity contribution in [3.63, 3.8) is 0 Å². The summed E-state index contributed by atoms with van der Waals surface area (Å²) in [7, 11) is 0. The zero-order valence-corrected chi connectivity index (χ0v) is 13.0. The van der Waals surface area contributed by atoms with Gasteiger partial charge in [-0.3, -0.25) is 4.79 Å². The second kappa shape index (κ2) is 6.50. The third kappa shape index (κ3) is 3.31. The molecule has 0 spiro atoms. The van der Waals surface area contributed by atoms with Gasteiger partial charge in [-0.1, -0.05) is 24.1 Å². The number of benzene rings is 1. The Labute approximate surface area is 134 Å². The molecule has 1 fully saturated rings. The number of amides is 1. The predicted molar refractivity (Wildman–Crippen MR) is 87.1 cm³/mol. The number of hydrogen-bond donors (Lipinski definition) is 2. The maximum Gasteiger partial charge on any atom is 0.225 e. The topological polar surface area (TPSA) is 72.9 Å². The Kier molecular flexibility index (Phi) is 4.45. The van der Waals surface area contributed by atoms with Gasteiger partial charge in [-0.2, -0.15) is 5.10 Å². The summed E-state index contributed by atoms with van der Waals surface area (Å²) in [5.41, 5.74) is 6.84. The number of aromatic nitrogens is 2. The van der Waals surface area contributed by atoms with Gasteiger partial charge in [0.05, 0.1) is 11.9 Å². The molecular weight excluding hydrogens is 300 g/mol. The molecule has 1 saturated carbocycles. The van der Waals surface area contributed by atoms with Gasteiger partial charge in [0.1, 0.15) is 5.82 Å². The number of carbonyl (C=O) groups is 1. The molecule has 0 saturated heterocycles. The van der Waals surface area contributed by atoms with E-state index in [0.29, 0.717) is 17.3 Å². The minimum absolute atomic E-state index is 0.0221. The number of nitrogens with one attached hydrogen (secondary N) is 1. The predicted octanol–water partition coefficient (Wildman–Crippen LogP) is 2.98. The maximum absolute atomic E-state index is 12.2. The first kappa shape index (κ1) is 15.1. The van der Waals surface area contributed by atoms with Gasteiger partial charge in [0, 0.05) is 23.6 Å². The Balaban J connectivity index is 1.71. The van der Waals surface area contributed by atoms with Crippen molar-refractivity contribution in [1.29, 1.82) is 0 Å². The molecule has 22 heavy (non-hydrogen) atoms. The van der Waals surface area contributed by atoms with E-state index in [1.165, 1.54) is 0 Å². The molecule has 0 unspecified atom stereocenters. The summed E-state index contributed by atoms with van der Waals surface area (Å²) in [5.74, 6) is 0.896. The molecule has 0 bridgehead atoms. The molecule has 1 aromatic heterocycles. The van der Waals surface area contributed by atoms with Gasteiger partial charge in [-0.25, -0.2) is 4.68 Å². The lowest BCUT2D eigenvalue weighted by Crippen LogP contribution is -2.28. The summed E-state index contributed by atoms with van der Waals surface area (Å²) in [6, 6.07) is 9.26. The van der Waals surface area contributed by atoms with Gasteiger partial charge >= 0.3 is 0 Å². The van der Waals surface area contributed by atoms with E-state index in [0.717, 1.165) is 24.9 Å². The van der Waals surface area contributed by atoms with Gasteiger partial charge in [0.2, 0.25) is 5.91 Å². The van der Waals surface area contributed by atoms with Gasteiger partial charge < -0.3 is 11.1 Å². The van der Waals surface area contributed by atoms with E-state index in [1.807, 2.05) is 12.1 Å². The lowest BCUT2D eigenvalue weighted by molar-refractivity contribution is -0.117. The fourth-order valence-corrected chi connectivity index (χ4v) is 3.15. The quantitative estimate of drug-likeness (QED) is 0.910. The van der Waals surface area contributed by atoms with Crippen LogP contribution in [0.3, 0.4) is 0 Å². The average molecular weight is 319 g/mol. The SMILES string of the molecule is N[C@@H]1CCC[C@H]1CC(=O)Nc1ccnn1-c1cccc(Cl)c1. The van der Waals surface area contributed by atoms with E-state index in [-0.39, 0.29) is 17.9 Å². The van der Waals surface area contributed by atoms with Gasteiger partial charge in [0.15, 0.2) is 0 Å². The first-order valence-corrected chi connectivity index (χ1v) is 7.86. The molecule has 116 valence electrons. The Morgan fingerprint density at radius 1 is 1.41 bits per heavy atom. The van der Waals surface area contributed by atoms with Crippen LogP contribution in [0.1, 0.15) is 25.7 Å². The van der Waals surface area contributed by atoms with Crippen LogP contribution in [-0.4, -0.2) is 21.7 Å². The molecule has 5 nitrogen and oxygen atoms in total. The molecule has 3 rings (SSSR count). The van der Waals surface area contributed by atoms with E-state index >= 15 is 0 Å². The number of rotatable bonds is 4. The van der Waals surface area contributed by atoms with Crippen molar-refractivity contribution in [3.05, 3.63) is 41.6 Å². The number of carbonyl (C=O) groups excluding carboxylic acids is 1. The highest BCUT2D eigenvalue weighted by atomic mass is 35.5. The lowest BCUT2D eigenvalue weighted by atomic mass is 10.00. The van der Waals surface area contributed by atoms with Crippen molar-refractivity contribution in [2.24, 2.45) is 11.7 Å². The van der Waals surface area contributed by atoms with Crippen LogP contribution in [0.15, 0.2) is 36.5 Å². The van der Waals surface area contributed by atoms with Crippen molar-refractivity contribution in [2.45, 2.75) is 31.7 Å². The Morgan fingerprint density at radius 3 is 3.00 bits per heavy atom. The number of halogens is 1. The molecule has 1 aliphatic rings. The Morgan fingerprint density at radius 2 is 2.27 bits per heavy atom. The summed E-state index contributed by atoms with van der Waals surface area (Å²) in [4.78, 5) is 12.2. The van der Waals surface area contributed by atoms with Crippen LogP contribution in [0.4, 0.5) is 5.82 Å². The van der Waals surface area contributed by atoms with Crippen molar-refractivity contribution in [1.82, 2.24) is 9.78 Å². The second-order valence-corrected chi connectivity index (χ2v) is 6.15. The zero-order valence-electron chi connectivity index (χ0n) is 12.2. The van der Waals surface area contributed by atoms with E-state index in [9.17, 15) is 4.79 Å².